The first-order chi connectivity index (χ1) is 11.7. The van der Waals surface area contributed by atoms with Crippen molar-refractivity contribution in [1.82, 2.24) is 0 Å². The first-order valence-corrected chi connectivity index (χ1v) is 9.12. The SMILES string of the molecule is CCCCOc1cc(OCCCC)c2c3c(c(=O)oc2c1)CCC3. The van der Waals surface area contributed by atoms with E-state index in [4.69, 9.17) is 13.9 Å². The second-order valence-electron chi connectivity index (χ2n) is 6.40. The molecule has 2 aromatic rings. The first kappa shape index (κ1) is 16.9. The van der Waals surface area contributed by atoms with Gasteiger partial charge in [0.15, 0.2) is 0 Å². The maximum atomic E-state index is 12.2. The molecule has 3 rings (SSSR count). The van der Waals surface area contributed by atoms with Gasteiger partial charge in [0.2, 0.25) is 0 Å². The normalized spacial score (nSPS) is 13.2. The van der Waals surface area contributed by atoms with Gasteiger partial charge in [-0.25, -0.2) is 4.79 Å². The summed E-state index contributed by atoms with van der Waals surface area (Å²) in [6.45, 7) is 5.59. The van der Waals surface area contributed by atoms with Gasteiger partial charge in [-0.2, -0.15) is 0 Å². The van der Waals surface area contributed by atoms with Gasteiger partial charge in [-0.1, -0.05) is 26.7 Å². The molecule has 1 aromatic heterocycles. The topological polar surface area (TPSA) is 48.7 Å². The Hall–Kier alpha value is -1.97. The molecule has 24 heavy (non-hydrogen) atoms. The van der Waals surface area contributed by atoms with Gasteiger partial charge in [0.25, 0.3) is 0 Å². The van der Waals surface area contributed by atoms with E-state index in [0.29, 0.717) is 24.5 Å². The summed E-state index contributed by atoms with van der Waals surface area (Å²) in [5.74, 6) is 1.50. The number of rotatable bonds is 8. The van der Waals surface area contributed by atoms with E-state index in [0.717, 1.165) is 67.2 Å². The highest BCUT2D eigenvalue weighted by molar-refractivity contribution is 5.89. The van der Waals surface area contributed by atoms with E-state index in [1.54, 1.807) is 0 Å². The van der Waals surface area contributed by atoms with Gasteiger partial charge in [-0.05, 0) is 37.7 Å². The second kappa shape index (κ2) is 7.73. The Bertz CT molecular complexity index is 760. The Kier molecular flexibility index (Phi) is 5.44. The zero-order valence-corrected chi connectivity index (χ0v) is 14.7. The van der Waals surface area contributed by atoms with Crippen molar-refractivity contribution in [2.45, 2.75) is 58.8 Å². The Balaban J connectivity index is 2.04. The fraction of sp³-hybridized carbons (Fsp3) is 0.550. The number of ether oxygens (including phenoxy) is 2. The Morgan fingerprint density at radius 2 is 1.71 bits per heavy atom. The van der Waals surface area contributed by atoms with Crippen LogP contribution in [0.3, 0.4) is 0 Å². The van der Waals surface area contributed by atoms with Crippen LogP contribution >= 0.6 is 0 Å². The zero-order chi connectivity index (χ0) is 16.9. The maximum absolute atomic E-state index is 12.2. The summed E-state index contributed by atoms with van der Waals surface area (Å²) in [5, 5.41) is 0.959. The molecule has 0 radical (unpaired) electrons. The number of fused-ring (bicyclic) bond motifs is 3. The average Bonchev–Trinajstić information content (AvgIpc) is 3.05. The van der Waals surface area contributed by atoms with Crippen LogP contribution in [0.4, 0.5) is 0 Å². The quantitative estimate of drug-likeness (QED) is 0.522. The molecule has 4 nitrogen and oxygen atoms in total. The molecule has 4 heteroatoms. The van der Waals surface area contributed by atoms with E-state index in [1.807, 2.05) is 12.1 Å². The van der Waals surface area contributed by atoms with Gasteiger partial charge in [-0.3, -0.25) is 0 Å². The number of unbranched alkanes of at least 4 members (excludes halogenated alkanes) is 2. The van der Waals surface area contributed by atoms with Gasteiger partial charge in [0.05, 0.1) is 18.6 Å². The molecule has 0 amide bonds. The van der Waals surface area contributed by atoms with Crippen LogP contribution in [0.1, 0.15) is 57.1 Å². The summed E-state index contributed by atoms with van der Waals surface area (Å²) in [6, 6.07) is 3.78. The maximum Gasteiger partial charge on any atom is 0.339 e. The highest BCUT2D eigenvalue weighted by Crippen LogP contribution is 2.37. The lowest BCUT2D eigenvalue weighted by atomic mass is 10.1. The average molecular weight is 330 g/mol. The summed E-state index contributed by atoms with van der Waals surface area (Å²) in [6.07, 6.45) is 6.88. The minimum absolute atomic E-state index is 0.208. The molecule has 0 unspecified atom stereocenters. The highest BCUT2D eigenvalue weighted by atomic mass is 16.5. The molecule has 0 fully saturated rings. The first-order valence-electron chi connectivity index (χ1n) is 9.12. The van der Waals surface area contributed by atoms with Crippen molar-refractivity contribution in [2.24, 2.45) is 0 Å². The summed E-state index contributed by atoms with van der Waals surface area (Å²) in [5.41, 5.74) is 2.30. The van der Waals surface area contributed by atoms with E-state index < -0.39 is 0 Å². The van der Waals surface area contributed by atoms with Crippen LogP contribution in [0.5, 0.6) is 11.5 Å². The van der Waals surface area contributed by atoms with Crippen molar-refractivity contribution in [3.05, 3.63) is 33.7 Å². The Labute approximate surface area is 142 Å². The fourth-order valence-corrected chi connectivity index (χ4v) is 3.21. The summed E-state index contributed by atoms with van der Waals surface area (Å²) in [4.78, 5) is 12.2. The molecule has 0 N–H and O–H groups in total. The largest absolute Gasteiger partial charge is 0.493 e. The van der Waals surface area contributed by atoms with E-state index in [2.05, 4.69) is 13.8 Å². The predicted octanol–water partition coefficient (Wildman–Crippen LogP) is 4.64. The van der Waals surface area contributed by atoms with Crippen molar-refractivity contribution < 1.29 is 13.9 Å². The number of aryl methyl sites for hydroxylation is 1. The van der Waals surface area contributed by atoms with E-state index in [-0.39, 0.29) is 5.63 Å². The second-order valence-corrected chi connectivity index (χ2v) is 6.40. The third kappa shape index (κ3) is 3.42. The lowest BCUT2D eigenvalue weighted by molar-refractivity contribution is 0.296. The number of benzene rings is 1. The number of hydrogen-bond donors (Lipinski definition) is 0. The predicted molar refractivity (Wildman–Crippen MR) is 95.3 cm³/mol. The molecule has 1 aromatic carbocycles. The minimum Gasteiger partial charge on any atom is -0.493 e. The Morgan fingerprint density at radius 3 is 2.46 bits per heavy atom. The molecule has 0 spiro atoms. The third-order valence-corrected chi connectivity index (χ3v) is 4.53. The zero-order valence-electron chi connectivity index (χ0n) is 14.7. The van der Waals surface area contributed by atoms with E-state index in [9.17, 15) is 4.79 Å². The van der Waals surface area contributed by atoms with Crippen LogP contribution in [0.2, 0.25) is 0 Å². The molecule has 0 saturated heterocycles. The van der Waals surface area contributed by atoms with Gasteiger partial charge in [0.1, 0.15) is 17.1 Å². The van der Waals surface area contributed by atoms with Crippen molar-refractivity contribution in [3.8, 4) is 11.5 Å². The van der Waals surface area contributed by atoms with Crippen LogP contribution in [0, 0.1) is 0 Å². The van der Waals surface area contributed by atoms with Crippen LogP contribution in [0.15, 0.2) is 21.3 Å². The minimum atomic E-state index is -0.208. The monoisotopic (exact) mass is 330 g/mol. The van der Waals surface area contributed by atoms with E-state index in [1.165, 1.54) is 0 Å². The van der Waals surface area contributed by atoms with Crippen LogP contribution in [-0.4, -0.2) is 13.2 Å². The van der Waals surface area contributed by atoms with Crippen molar-refractivity contribution in [2.75, 3.05) is 13.2 Å². The molecular formula is C20H26O4. The van der Waals surface area contributed by atoms with Crippen molar-refractivity contribution in [1.29, 1.82) is 0 Å². The molecule has 1 aliphatic carbocycles. The van der Waals surface area contributed by atoms with Gasteiger partial charge in [-0.15, -0.1) is 0 Å². The lowest BCUT2D eigenvalue weighted by Gasteiger charge is -2.14. The molecule has 1 heterocycles. The summed E-state index contributed by atoms with van der Waals surface area (Å²) in [7, 11) is 0. The molecule has 130 valence electrons. The number of hydrogen-bond acceptors (Lipinski definition) is 4. The fourth-order valence-electron chi connectivity index (χ4n) is 3.21. The van der Waals surface area contributed by atoms with E-state index >= 15 is 0 Å². The van der Waals surface area contributed by atoms with Crippen LogP contribution in [-0.2, 0) is 12.8 Å². The smallest absolute Gasteiger partial charge is 0.339 e. The van der Waals surface area contributed by atoms with Crippen LogP contribution < -0.4 is 15.1 Å². The highest BCUT2D eigenvalue weighted by Gasteiger charge is 2.23. The molecule has 0 atom stereocenters. The molecular weight excluding hydrogens is 304 g/mol. The van der Waals surface area contributed by atoms with Gasteiger partial charge >= 0.3 is 5.63 Å². The Morgan fingerprint density at radius 1 is 1.00 bits per heavy atom. The molecule has 0 saturated carbocycles. The lowest BCUT2D eigenvalue weighted by Crippen LogP contribution is -2.08. The molecule has 0 bridgehead atoms. The third-order valence-electron chi connectivity index (χ3n) is 4.53. The van der Waals surface area contributed by atoms with Gasteiger partial charge in [0, 0.05) is 17.7 Å². The summed E-state index contributed by atoms with van der Waals surface area (Å²) >= 11 is 0. The van der Waals surface area contributed by atoms with Crippen LogP contribution in [0.25, 0.3) is 11.0 Å². The summed E-state index contributed by atoms with van der Waals surface area (Å²) < 4.78 is 17.4. The standard InChI is InChI=1S/C20H26O4/c1-3-5-10-22-14-12-17(23-11-6-4-2)19-15-8-7-9-16(15)20(21)24-18(19)13-14/h12-13H,3-11H2,1-2H3. The van der Waals surface area contributed by atoms with Crippen molar-refractivity contribution >= 4 is 11.0 Å². The molecule has 1 aliphatic rings. The van der Waals surface area contributed by atoms with Crippen molar-refractivity contribution in [3.63, 3.8) is 0 Å². The van der Waals surface area contributed by atoms with Gasteiger partial charge < -0.3 is 13.9 Å². The molecule has 0 aliphatic heterocycles.